The molecule has 1 amide bonds. The number of amides is 1. The summed E-state index contributed by atoms with van der Waals surface area (Å²) in [5.41, 5.74) is 2.98. The molecule has 1 aromatic heterocycles. The van der Waals surface area contributed by atoms with Gasteiger partial charge in [0, 0.05) is 22.1 Å². The highest BCUT2D eigenvalue weighted by Gasteiger charge is 2.08. The second-order valence-electron chi connectivity index (χ2n) is 5.08. The van der Waals surface area contributed by atoms with Crippen LogP contribution in [-0.4, -0.2) is 10.9 Å². The maximum atomic E-state index is 12.1. The van der Waals surface area contributed by atoms with Crippen LogP contribution in [0.15, 0.2) is 42.5 Å². The number of carbonyl (C=O) groups is 1. The summed E-state index contributed by atoms with van der Waals surface area (Å²) in [7, 11) is 0. The number of hydrogen-bond acceptors (Lipinski definition) is 3. The van der Waals surface area contributed by atoms with Crippen molar-refractivity contribution < 1.29 is 4.79 Å². The van der Waals surface area contributed by atoms with Gasteiger partial charge in [-0.1, -0.05) is 12.1 Å². The second-order valence-corrected chi connectivity index (χ2v) is 7.44. The lowest BCUT2D eigenvalue weighted by molar-refractivity contribution is -0.116. The minimum atomic E-state index is 0.0311. The van der Waals surface area contributed by atoms with Crippen LogP contribution in [0.2, 0.25) is 0 Å². The van der Waals surface area contributed by atoms with Crippen molar-refractivity contribution in [2.75, 3.05) is 5.32 Å². The molecule has 0 aliphatic rings. The van der Waals surface area contributed by atoms with Gasteiger partial charge >= 0.3 is 0 Å². The molecule has 22 heavy (non-hydrogen) atoms. The third-order valence-corrected chi connectivity index (χ3v) is 5.13. The zero-order valence-electron chi connectivity index (χ0n) is 12.1. The summed E-state index contributed by atoms with van der Waals surface area (Å²) in [6.07, 6.45) is 1.12. The van der Waals surface area contributed by atoms with Crippen molar-refractivity contribution >= 4 is 55.7 Å². The molecule has 112 valence electrons. The van der Waals surface area contributed by atoms with Crippen LogP contribution in [0.1, 0.15) is 17.0 Å². The first-order chi connectivity index (χ1) is 10.6. The maximum absolute atomic E-state index is 12.1. The molecule has 0 unspecified atom stereocenters. The summed E-state index contributed by atoms with van der Waals surface area (Å²) in [6.45, 7) is 2.01. The van der Waals surface area contributed by atoms with Crippen molar-refractivity contribution in [2.24, 2.45) is 0 Å². The largest absolute Gasteiger partial charge is 0.326 e. The summed E-state index contributed by atoms with van der Waals surface area (Å²) in [6, 6.07) is 14.1. The van der Waals surface area contributed by atoms with Gasteiger partial charge in [0.15, 0.2) is 0 Å². The van der Waals surface area contributed by atoms with Gasteiger partial charge in [-0.3, -0.25) is 4.79 Å². The van der Waals surface area contributed by atoms with E-state index in [4.69, 9.17) is 0 Å². The molecule has 1 heterocycles. The molecule has 2 aromatic carbocycles. The van der Waals surface area contributed by atoms with Crippen LogP contribution in [0.25, 0.3) is 10.2 Å². The monoisotopic (exact) mass is 422 g/mol. The van der Waals surface area contributed by atoms with E-state index in [9.17, 15) is 4.79 Å². The number of hydrogen-bond donors (Lipinski definition) is 1. The first kappa shape index (κ1) is 15.4. The third kappa shape index (κ3) is 3.64. The van der Waals surface area contributed by atoms with E-state index in [1.165, 1.54) is 8.27 Å². The van der Waals surface area contributed by atoms with Crippen LogP contribution in [0, 0.1) is 10.5 Å². The number of aromatic nitrogens is 1. The van der Waals surface area contributed by atoms with Crippen LogP contribution in [-0.2, 0) is 11.2 Å². The smallest absolute Gasteiger partial charge is 0.224 e. The molecule has 5 heteroatoms. The molecule has 0 fully saturated rings. The molecular formula is C17H15IN2OS. The van der Waals surface area contributed by atoms with Crippen molar-refractivity contribution in [3.05, 3.63) is 56.6 Å². The number of aryl methyl sites for hydroxylation is 2. The van der Waals surface area contributed by atoms with Crippen LogP contribution in [0.5, 0.6) is 0 Å². The van der Waals surface area contributed by atoms with Gasteiger partial charge in [-0.2, -0.15) is 0 Å². The van der Waals surface area contributed by atoms with E-state index in [1.807, 2.05) is 37.3 Å². The van der Waals surface area contributed by atoms with Crippen LogP contribution in [0.4, 0.5) is 5.69 Å². The Hall–Kier alpha value is -1.47. The normalized spacial score (nSPS) is 10.8. The van der Waals surface area contributed by atoms with E-state index < -0.39 is 0 Å². The number of para-hydroxylation sites is 1. The molecule has 3 aromatic rings. The molecule has 1 N–H and O–H groups in total. The number of thiazole rings is 1. The number of fused-ring (bicyclic) bond motifs is 1. The van der Waals surface area contributed by atoms with Crippen LogP contribution < -0.4 is 5.32 Å². The Bertz CT molecular complexity index is 795. The molecule has 0 saturated carbocycles. The van der Waals surface area contributed by atoms with Crippen LogP contribution in [0.3, 0.4) is 0 Å². The zero-order valence-corrected chi connectivity index (χ0v) is 15.1. The molecule has 0 spiro atoms. The fourth-order valence-electron chi connectivity index (χ4n) is 2.23. The minimum absolute atomic E-state index is 0.0311. The Morgan fingerprint density at radius 1 is 1.27 bits per heavy atom. The molecule has 0 saturated heterocycles. The Kier molecular flexibility index (Phi) is 4.73. The molecule has 3 rings (SSSR count). The summed E-state index contributed by atoms with van der Waals surface area (Å²) in [4.78, 5) is 16.7. The number of carbonyl (C=O) groups excluding carboxylic acids is 1. The Labute approximate surface area is 146 Å². The van der Waals surface area contributed by atoms with E-state index in [-0.39, 0.29) is 5.91 Å². The number of anilines is 1. The van der Waals surface area contributed by atoms with Crippen molar-refractivity contribution in [1.29, 1.82) is 0 Å². The van der Waals surface area contributed by atoms with E-state index in [0.29, 0.717) is 12.8 Å². The van der Waals surface area contributed by atoms with Gasteiger partial charge in [-0.15, -0.1) is 11.3 Å². The average molecular weight is 422 g/mol. The molecule has 3 nitrogen and oxygen atoms in total. The maximum Gasteiger partial charge on any atom is 0.224 e. The van der Waals surface area contributed by atoms with Gasteiger partial charge in [-0.05, 0) is 65.4 Å². The molecular weight excluding hydrogens is 407 g/mol. The molecule has 0 aliphatic carbocycles. The van der Waals surface area contributed by atoms with Crippen molar-refractivity contribution in [2.45, 2.75) is 19.8 Å². The van der Waals surface area contributed by atoms with Crippen molar-refractivity contribution in [3.8, 4) is 0 Å². The van der Waals surface area contributed by atoms with Gasteiger partial charge in [0.25, 0.3) is 0 Å². The quantitative estimate of drug-likeness (QED) is 0.615. The standard InChI is InChI=1S/C17H15IN2OS/c1-11-10-12(18)6-7-13(11)19-16(21)8-9-17-20-14-4-2-3-5-15(14)22-17/h2-7,10H,8-9H2,1H3,(H,19,21). The first-order valence-electron chi connectivity index (χ1n) is 7.02. The first-order valence-corrected chi connectivity index (χ1v) is 8.92. The number of benzene rings is 2. The molecule has 0 bridgehead atoms. The molecule has 0 atom stereocenters. The number of halogens is 1. The van der Waals surface area contributed by atoms with Gasteiger partial charge in [0.1, 0.15) is 0 Å². The number of nitrogens with one attached hydrogen (secondary N) is 1. The Morgan fingerprint density at radius 2 is 2.09 bits per heavy atom. The summed E-state index contributed by atoms with van der Waals surface area (Å²) < 4.78 is 2.34. The average Bonchev–Trinajstić information content (AvgIpc) is 2.91. The fourth-order valence-corrected chi connectivity index (χ4v) is 3.84. The van der Waals surface area contributed by atoms with E-state index in [0.717, 1.165) is 21.8 Å². The predicted octanol–water partition coefficient (Wildman–Crippen LogP) is 4.78. The summed E-state index contributed by atoms with van der Waals surface area (Å²) in [5.74, 6) is 0.0311. The zero-order chi connectivity index (χ0) is 15.5. The van der Waals surface area contributed by atoms with Crippen molar-refractivity contribution in [1.82, 2.24) is 4.98 Å². The second kappa shape index (κ2) is 6.75. The van der Waals surface area contributed by atoms with Gasteiger partial charge < -0.3 is 5.32 Å². The predicted molar refractivity (Wildman–Crippen MR) is 100 cm³/mol. The highest BCUT2D eigenvalue weighted by Crippen LogP contribution is 2.23. The highest BCUT2D eigenvalue weighted by atomic mass is 127. The molecule has 0 radical (unpaired) electrons. The van der Waals surface area contributed by atoms with Crippen LogP contribution >= 0.6 is 33.9 Å². The van der Waals surface area contributed by atoms with Gasteiger partial charge in [0.05, 0.1) is 15.2 Å². The highest BCUT2D eigenvalue weighted by molar-refractivity contribution is 14.1. The summed E-state index contributed by atoms with van der Waals surface area (Å²) >= 11 is 3.93. The van der Waals surface area contributed by atoms with E-state index in [1.54, 1.807) is 11.3 Å². The lowest BCUT2D eigenvalue weighted by Crippen LogP contribution is -2.13. The Morgan fingerprint density at radius 3 is 2.86 bits per heavy atom. The third-order valence-electron chi connectivity index (χ3n) is 3.37. The lowest BCUT2D eigenvalue weighted by Gasteiger charge is -2.08. The van der Waals surface area contributed by atoms with E-state index in [2.05, 4.69) is 45.0 Å². The minimum Gasteiger partial charge on any atom is -0.326 e. The van der Waals surface area contributed by atoms with E-state index >= 15 is 0 Å². The number of rotatable bonds is 4. The fraction of sp³-hybridized carbons (Fsp3) is 0.176. The lowest BCUT2D eigenvalue weighted by atomic mass is 10.2. The summed E-state index contributed by atoms with van der Waals surface area (Å²) in [5, 5.41) is 3.99. The van der Waals surface area contributed by atoms with Gasteiger partial charge in [0.2, 0.25) is 5.91 Å². The molecule has 0 aliphatic heterocycles. The number of nitrogens with zero attached hydrogens (tertiary/aromatic N) is 1. The SMILES string of the molecule is Cc1cc(I)ccc1NC(=O)CCc1nc2ccccc2s1. The Balaban J connectivity index is 1.62. The van der Waals surface area contributed by atoms with Crippen molar-refractivity contribution in [3.63, 3.8) is 0 Å². The van der Waals surface area contributed by atoms with Gasteiger partial charge in [-0.25, -0.2) is 4.98 Å². The topological polar surface area (TPSA) is 42.0 Å².